The lowest BCUT2D eigenvalue weighted by Gasteiger charge is -2.21. The molecule has 0 saturated heterocycles. The third-order valence-electron chi connectivity index (χ3n) is 3.08. The molecular weight excluding hydrogens is 252 g/mol. The van der Waals surface area contributed by atoms with Gasteiger partial charge < -0.3 is 15.7 Å². The van der Waals surface area contributed by atoms with Gasteiger partial charge in [0.05, 0.1) is 0 Å². The first kappa shape index (κ1) is 14.9. The molecule has 0 heterocycles. The molecule has 3 N–H and O–H groups in total. The van der Waals surface area contributed by atoms with E-state index in [0.29, 0.717) is 5.25 Å². The average Bonchev–Trinajstić information content (AvgIpc) is 2.75. The second-order valence-corrected chi connectivity index (χ2v) is 5.42. The Kier molecular flexibility index (Phi) is 6.04. The molecule has 1 fully saturated rings. The van der Waals surface area contributed by atoms with Crippen LogP contribution in [0.4, 0.5) is 4.79 Å². The Morgan fingerprint density at radius 1 is 1.56 bits per heavy atom. The van der Waals surface area contributed by atoms with Crippen molar-refractivity contribution in [3.05, 3.63) is 12.7 Å². The molecule has 102 valence electrons. The maximum absolute atomic E-state index is 11.7. The summed E-state index contributed by atoms with van der Waals surface area (Å²) in [5.41, 5.74) is 0. The summed E-state index contributed by atoms with van der Waals surface area (Å²) in [7, 11) is 0. The van der Waals surface area contributed by atoms with E-state index in [1.165, 1.54) is 6.08 Å². The number of thioether (sulfide) groups is 1. The van der Waals surface area contributed by atoms with E-state index in [0.717, 1.165) is 19.3 Å². The average molecular weight is 272 g/mol. The topological polar surface area (TPSA) is 78.4 Å². The van der Waals surface area contributed by atoms with Crippen LogP contribution in [0.25, 0.3) is 0 Å². The van der Waals surface area contributed by atoms with Crippen LogP contribution < -0.4 is 10.6 Å². The maximum Gasteiger partial charge on any atom is 0.326 e. The molecule has 2 amide bonds. The summed E-state index contributed by atoms with van der Waals surface area (Å²) in [5, 5.41) is 14.7. The smallest absolute Gasteiger partial charge is 0.326 e. The van der Waals surface area contributed by atoms with Gasteiger partial charge >= 0.3 is 12.0 Å². The lowest BCUT2D eigenvalue weighted by Crippen LogP contribution is -2.50. The number of hydrogen-bond acceptors (Lipinski definition) is 3. The Hall–Kier alpha value is -1.17. The predicted octanol–water partition coefficient (Wildman–Crippen LogP) is 1.60. The first-order valence-electron chi connectivity index (χ1n) is 6.02. The number of urea groups is 1. The molecule has 18 heavy (non-hydrogen) atoms. The van der Waals surface area contributed by atoms with E-state index in [9.17, 15) is 9.59 Å². The van der Waals surface area contributed by atoms with Crippen LogP contribution in [0.3, 0.4) is 0 Å². The van der Waals surface area contributed by atoms with E-state index < -0.39 is 18.0 Å². The molecule has 0 radical (unpaired) electrons. The van der Waals surface area contributed by atoms with Crippen LogP contribution in [0.2, 0.25) is 0 Å². The highest BCUT2D eigenvalue weighted by Crippen LogP contribution is 2.28. The Labute approximate surface area is 111 Å². The molecule has 0 aromatic heterocycles. The van der Waals surface area contributed by atoms with Crippen LogP contribution in [0.1, 0.15) is 25.7 Å². The van der Waals surface area contributed by atoms with Crippen LogP contribution in [-0.2, 0) is 4.79 Å². The van der Waals surface area contributed by atoms with Crippen LogP contribution in [0.15, 0.2) is 12.7 Å². The molecule has 1 aliphatic rings. The van der Waals surface area contributed by atoms with Gasteiger partial charge in [0, 0.05) is 11.3 Å². The van der Waals surface area contributed by atoms with Crippen LogP contribution in [-0.4, -0.2) is 40.7 Å². The first-order chi connectivity index (χ1) is 8.58. The number of amides is 2. The number of carbonyl (C=O) groups excluding carboxylic acids is 1. The van der Waals surface area contributed by atoms with Crippen LogP contribution in [0, 0.1) is 0 Å². The van der Waals surface area contributed by atoms with Crippen molar-refractivity contribution in [2.45, 2.75) is 43.0 Å². The monoisotopic (exact) mass is 272 g/mol. The van der Waals surface area contributed by atoms with E-state index in [1.54, 1.807) is 11.8 Å². The number of rotatable bonds is 6. The van der Waals surface area contributed by atoms with E-state index in [1.807, 2.05) is 6.26 Å². The summed E-state index contributed by atoms with van der Waals surface area (Å²) in [4.78, 5) is 22.6. The minimum absolute atomic E-state index is 0.137. The van der Waals surface area contributed by atoms with Crippen molar-refractivity contribution in [1.29, 1.82) is 0 Å². The number of aliphatic carboxylic acids is 1. The molecule has 0 aliphatic heterocycles. The fourth-order valence-electron chi connectivity index (χ4n) is 2.13. The molecule has 1 rings (SSSR count). The molecule has 1 saturated carbocycles. The van der Waals surface area contributed by atoms with Crippen molar-refractivity contribution < 1.29 is 14.7 Å². The zero-order valence-electron chi connectivity index (χ0n) is 10.5. The summed E-state index contributed by atoms with van der Waals surface area (Å²) in [5.74, 6) is -1.04. The summed E-state index contributed by atoms with van der Waals surface area (Å²) >= 11 is 1.74. The van der Waals surface area contributed by atoms with Gasteiger partial charge in [-0.1, -0.05) is 12.5 Å². The van der Waals surface area contributed by atoms with Crippen LogP contribution in [0.5, 0.6) is 0 Å². The Bertz CT molecular complexity index is 322. The van der Waals surface area contributed by atoms with E-state index in [4.69, 9.17) is 5.11 Å². The van der Waals surface area contributed by atoms with Crippen molar-refractivity contribution in [3.63, 3.8) is 0 Å². The normalized spacial score (nSPS) is 24.3. The highest BCUT2D eigenvalue weighted by molar-refractivity contribution is 7.99. The molecular formula is C12H20N2O3S. The fraction of sp³-hybridized carbons (Fsp3) is 0.667. The van der Waals surface area contributed by atoms with Gasteiger partial charge in [-0.3, -0.25) is 0 Å². The quantitative estimate of drug-likeness (QED) is 0.642. The van der Waals surface area contributed by atoms with Gasteiger partial charge in [-0.15, -0.1) is 6.58 Å². The van der Waals surface area contributed by atoms with Gasteiger partial charge in [-0.25, -0.2) is 9.59 Å². The number of hydrogen-bond donors (Lipinski definition) is 3. The van der Waals surface area contributed by atoms with Gasteiger partial charge in [0.2, 0.25) is 0 Å². The molecule has 6 heteroatoms. The summed E-state index contributed by atoms with van der Waals surface area (Å²) in [6.45, 7) is 3.48. The lowest BCUT2D eigenvalue weighted by atomic mass is 10.2. The molecule has 0 spiro atoms. The van der Waals surface area contributed by atoms with E-state index in [2.05, 4.69) is 17.2 Å². The third kappa shape index (κ3) is 4.25. The van der Waals surface area contributed by atoms with Gasteiger partial charge in [0.15, 0.2) is 0 Å². The molecule has 3 atom stereocenters. The van der Waals surface area contributed by atoms with Gasteiger partial charge in [-0.05, 0) is 25.5 Å². The molecule has 5 nitrogen and oxygen atoms in total. The number of nitrogens with one attached hydrogen (secondary N) is 2. The second kappa shape index (κ2) is 7.31. The van der Waals surface area contributed by atoms with Crippen molar-refractivity contribution in [2.24, 2.45) is 0 Å². The molecule has 1 aliphatic carbocycles. The minimum Gasteiger partial charge on any atom is -0.480 e. The third-order valence-corrected chi connectivity index (χ3v) is 4.25. The zero-order valence-corrected chi connectivity index (χ0v) is 11.3. The number of carboxylic acid groups (broad SMARTS) is 1. The van der Waals surface area contributed by atoms with Gasteiger partial charge in [-0.2, -0.15) is 11.8 Å². The maximum atomic E-state index is 11.7. The highest BCUT2D eigenvalue weighted by atomic mass is 32.2. The van der Waals surface area contributed by atoms with E-state index in [-0.39, 0.29) is 12.5 Å². The minimum atomic E-state index is -1.04. The Balaban J connectivity index is 2.44. The molecule has 0 aromatic carbocycles. The zero-order chi connectivity index (χ0) is 13.5. The Morgan fingerprint density at radius 3 is 2.83 bits per heavy atom. The molecule has 0 aromatic rings. The lowest BCUT2D eigenvalue weighted by molar-refractivity contribution is -0.139. The van der Waals surface area contributed by atoms with Crippen molar-refractivity contribution in [1.82, 2.24) is 10.6 Å². The summed E-state index contributed by atoms with van der Waals surface area (Å²) < 4.78 is 0. The van der Waals surface area contributed by atoms with Crippen molar-refractivity contribution in [3.8, 4) is 0 Å². The predicted molar refractivity (Wildman–Crippen MR) is 72.8 cm³/mol. The highest BCUT2D eigenvalue weighted by Gasteiger charge is 2.28. The van der Waals surface area contributed by atoms with E-state index >= 15 is 0 Å². The van der Waals surface area contributed by atoms with Crippen molar-refractivity contribution in [2.75, 3.05) is 6.26 Å². The largest absolute Gasteiger partial charge is 0.480 e. The van der Waals surface area contributed by atoms with Crippen LogP contribution >= 0.6 is 11.8 Å². The number of carboxylic acids is 1. The van der Waals surface area contributed by atoms with Gasteiger partial charge in [0.1, 0.15) is 6.04 Å². The standard InChI is InChI=1S/C12H20N2O3S/c1-3-5-9(11(15)16)14-12(17)13-8-6-4-7-10(8)18-2/h3,8-10H,1,4-7H2,2H3,(H,15,16)(H2,13,14,17). The summed E-state index contributed by atoms with van der Waals surface area (Å²) in [6, 6.07) is -1.18. The summed E-state index contributed by atoms with van der Waals surface area (Å²) in [6.07, 6.45) is 6.89. The fourth-order valence-corrected chi connectivity index (χ4v) is 3.06. The SMILES string of the molecule is C=CCC(NC(=O)NC1CCCC1SC)C(=O)O. The molecule has 0 bridgehead atoms. The second-order valence-electron chi connectivity index (χ2n) is 4.34. The van der Waals surface area contributed by atoms with Crippen molar-refractivity contribution >= 4 is 23.8 Å². The number of carbonyl (C=O) groups is 2. The molecule has 3 unspecified atom stereocenters. The van der Waals surface area contributed by atoms with Gasteiger partial charge in [0.25, 0.3) is 0 Å². The Morgan fingerprint density at radius 2 is 2.28 bits per heavy atom. The first-order valence-corrected chi connectivity index (χ1v) is 7.30.